The highest BCUT2D eigenvalue weighted by atomic mass is 19.3. The van der Waals surface area contributed by atoms with Crippen molar-refractivity contribution in [3.63, 3.8) is 0 Å². The standard InChI is InChI=1S/C12H14F2N2O3/c1-7-3-4-8(11(17)18)5-9(7)15-12(19)16(2)6-10(13)14/h3-5,10H,6H2,1-2H3,(H,15,19)(H,17,18). The lowest BCUT2D eigenvalue weighted by atomic mass is 10.1. The number of hydrogen-bond acceptors (Lipinski definition) is 2. The smallest absolute Gasteiger partial charge is 0.335 e. The number of rotatable bonds is 4. The van der Waals surface area contributed by atoms with Crippen molar-refractivity contribution in [3.05, 3.63) is 29.3 Å². The van der Waals surface area contributed by atoms with Crippen LogP contribution < -0.4 is 5.32 Å². The van der Waals surface area contributed by atoms with Crippen LogP contribution in [-0.2, 0) is 0 Å². The monoisotopic (exact) mass is 272 g/mol. The van der Waals surface area contributed by atoms with Gasteiger partial charge in [-0.05, 0) is 24.6 Å². The van der Waals surface area contributed by atoms with Gasteiger partial charge in [-0.25, -0.2) is 18.4 Å². The number of benzene rings is 1. The highest BCUT2D eigenvalue weighted by molar-refractivity contribution is 5.93. The van der Waals surface area contributed by atoms with Crippen molar-refractivity contribution in [3.8, 4) is 0 Å². The summed E-state index contributed by atoms with van der Waals surface area (Å²) in [6, 6.07) is 3.50. The summed E-state index contributed by atoms with van der Waals surface area (Å²) >= 11 is 0. The minimum Gasteiger partial charge on any atom is -0.478 e. The summed E-state index contributed by atoms with van der Waals surface area (Å²) in [4.78, 5) is 23.3. The highest BCUT2D eigenvalue weighted by Gasteiger charge is 2.15. The molecule has 1 rings (SSSR count). The minimum atomic E-state index is -2.62. The van der Waals surface area contributed by atoms with Gasteiger partial charge >= 0.3 is 12.0 Å². The zero-order valence-corrected chi connectivity index (χ0v) is 10.5. The van der Waals surface area contributed by atoms with Crippen molar-refractivity contribution in [2.24, 2.45) is 0 Å². The molecule has 0 aliphatic rings. The van der Waals surface area contributed by atoms with E-state index < -0.39 is 25.0 Å². The molecule has 0 unspecified atom stereocenters. The lowest BCUT2D eigenvalue weighted by molar-refractivity contribution is 0.0697. The number of amides is 2. The number of carboxylic acid groups (broad SMARTS) is 1. The minimum absolute atomic E-state index is 0.0115. The number of hydrogen-bond donors (Lipinski definition) is 2. The third-order valence-corrected chi connectivity index (χ3v) is 2.48. The first-order valence-corrected chi connectivity index (χ1v) is 5.45. The van der Waals surface area contributed by atoms with E-state index in [9.17, 15) is 18.4 Å². The molecule has 0 spiro atoms. The number of nitrogens with zero attached hydrogens (tertiary/aromatic N) is 1. The molecule has 0 radical (unpaired) electrons. The maximum atomic E-state index is 12.1. The van der Waals surface area contributed by atoms with Crippen molar-refractivity contribution in [2.75, 3.05) is 18.9 Å². The average Bonchev–Trinajstić information content (AvgIpc) is 2.30. The SMILES string of the molecule is Cc1ccc(C(=O)O)cc1NC(=O)N(C)CC(F)F. The molecule has 1 aromatic rings. The number of urea groups is 1. The van der Waals surface area contributed by atoms with Crippen LogP contribution in [0.4, 0.5) is 19.3 Å². The summed E-state index contributed by atoms with van der Waals surface area (Å²) < 4.78 is 24.3. The Kier molecular flexibility index (Phi) is 4.80. The van der Waals surface area contributed by atoms with Gasteiger partial charge in [0.05, 0.1) is 12.1 Å². The van der Waals surface area contributed by atoms with Gasteiger partial charge in [-0.1, -0.05) is 6.07 Å². The third kappa shape index (κ3) is 4.20. The Hall–Kier alpha value is -2.18. The molecule has 7 heteroatoms. The van der Waals surface area contributed by atoms with Crippen molar-refractivity contribution in [1.29, 1.82) is 0 Å². The summed E-state index contributed by atoms with van der Waals surface area (Å²) in [5.74, 6) is -1.13. The summed E-state index contributed by atoms with van der Waals surface area (Å²) in [7, 11) is 1.23. The van der Waals surface area contributed by atoms with E-state index in [1.54, 1.807) is 6.92 Å². The number of carbonyl (C=O) groups is 2. The number of halogens is 2. The van der Waals surface area contributed by atoms with Gasteiger partial charge in [0.2, 0.25) is 0 Å². The van der Waals surface area contributed by atoms with Gasteiger partial charge in [0, 0.05) is 12.7 Å². The molecule has 0 atom stereocenters. The zero-order valence-electron chi connectivity index (χ0n) is 10.5. The van der Waals surface area contributed by atoms with Crippen LogP contribution in [0, 0.1) is 6.92 Å². The van der Waals surface area contributed by atoms with E-state index in [0.29, 0.717) is 5.56 Å². The van der Waals surface area contributed by atoms with E-state index in [1.165, 1.54) is 25.2 Å². The fraction of sp³-hybridized carbons (Fsp3) is 0.333. The normalized spacial score (nSPS) is 10.4. The molecule has 2 amide bonds. The van der Waals surface area contributed by atoms with Gasteiger partial charge in [-0.2, -0.15) is 0 Å². The number of carboxylic acids is 1. The average molecular weight is 272 g/mol. The number of alkyl halides is 2. The second-order valence-electron chi connectivity index (χ2n) is 4.04. The molecule has 0 bridgehead atoms. The molecular weight excluding hydrogens is 258 g/mol. The molecule has 1 aromatic carbocycles. The maximum absolute atomic E-state index is 12.1. The first-order valence-electron chi connectivity index (χ1n) is 5.45. The Labute approximate surface area is 108 Å². The lowest BCUT2D eigenvalue weighted by Gasteiger charge is -2.18. The Morgan fingerprint density at radius 2 is 2.05 bits per heavy atom. The largest absolute Gasteiger partial charge is 0.478 e. The van der Waals surface area contributed by atoms with E-state index in [-0.39, 0.29) is 11.3 Å². The lowest BCUT2D eigenvalue weighted by Crippen LogP contribution is -2.35. The van der Waals surface area contributed by atoms with Gasteiger partial charge in [-0.3, -0.25) is 0 Å². The van der Waals surface area contributed by atoms with Crippen LogP contribution in [0.5, 0.6) is 0 Å². The maximum Gasteiger partial charge on any atom is 0.335 e. The highest BCUT2D eigenvalue weighted by Crippen LogP contribution is 2.17. The van der Waals surface area contributed by atoms with Gasteiger partial charge in [-0.15, -0.1) is 0 Å². The summed E-state index contributed by atoms with van der Waals surface area (Å²) in [6.07, 6.45) is -2.62. The van der Waals surface area contributed by atoms with Crippen LogP contribution in [0.25, 0.3) is 0 Å². The predicted octanol–water partition coefficient (Wildman–Crippen LogP) is 2.42. The Morgan fingerprint density at radius 3 is 2.58 bits per heavy atom. The van der Waals surface area contributed by atoms with Crippen molar-refractivity contribution in [2.45, 2.75) is 13.3 Å². The summed E-state index contributed by atoms with van der Waals surface area (Å²) in [6.45, 7) is 0.984. The first-order chi connectivity index (χ1) is 8.81. The van der Waals surface area contributed by atoms with Crippen LogP contribution in [0.15, 0.2) is 18.2 Å². The number of anilines is 1. The van der Waals surface area contributed by atoms with Crippen molar-refractivity contribution >= 4 is 17.7 Å². The Bertz CT molecular complexity index is 492. The quantitative estimate of drug-likeness (QED) is 0.884. The molecule has 0 saturated heterocycles. The van der Waals surface area contributed by atoms with Crippen LogP contribution in [0.1, 0.15) is 15.9 Å². The Balaban J connectivity index is 2.84. The van der Waals surface area contributed by atoms with Crippen LogP contribution >= 0.6 is 0 Å². The van der Waals surface area contributed by atoms with Gasteiger partial charge in [0.1, 0.15) is 0 Å². The fourth-order valence-electron chi connectivity index (χ4n) is 1.39. The summed E-state index contributed by atoms with van der Waals surface area (Å²) in [5, 5.41) is 11.2. The van der Waals surface area contributed by atoms with Gasteiger partial charge in [0.15, 0.2) is 0 Å². The zero-order chi connectivity index (χ0) is 14.6. The molecular formula is C12H14F2N2O3. The van der Waals surface area contributed by atoms with E-state index in [0.717, 1.165) is 4.90 Å². The second-order valence-corrected chi connectivity index (χ2v) is 4.04. The number of aryl methyl sites for hydroxylation is 1. The van der Waals surface area contributed by atoms with Crippen molar-refractivity contribution < 1.29 is 23.5 Å². The predicted molar refractivity (Wildman–Crippen MR) is 65.8 cm³/mol. The molecule has 0 aliphatic heterocycles. The molecule has 0 heterocycles. The molecule has 2 N–H and O–H groups in total. The topological polar surface area (TPSA) is 69.6 Å². The molecule has 0 aromatic heterocycles. The molecule has 0 saturated carbocycles. The van der Waals surface area contributed by atoms with Crippen LogP contribution in [0.2, 0.25) is 0 Å². The summed E-state index contributed by atoms with van der Waals surface area (Å²) in [5.41, 5.74) is 0.937. The molecule has 104 valence electrons. The second kappa shape index (κ2) is 6.12. The number of aromatic carboxylic acids is 1. The van der Waals surface area contributed by atoms with E-state index in [1.807, 2.05) is 0 Å². The van der Waals surface area contributed by atoms with E-state index in [2.05, 4.69) is 5.32 Å². The number of nitrogens with one attached hydrogen (secondary N) is 1. The Morgan fingerprint density at radius 1 is 1.42 bits per heavy atom. The first kappa shape index (κ1) is 14.9. The molecule has 0 fully saturated rings. The van der Waals surface area contributed by atoms with Gasteiger partial charge in [0.25, 0.3) is 6.43 Å². The van der Waals surface area contributed by atoms with Crippen LogP contribution in [0.3, 0.4) is 0 Å². The number of carbonyl (C=O) groups excluding carboxylic acids is 1. The molecule has 19 heavy (non-hydrogen) atoms. The molecule has 0 aliphatic carbocycles. The fourth-order valence-corrected chi connectivity index (χ4v) is 1.39. The van der Waals surface area contributed by atoms with Crippen LogP contribution in [-0.4, -0.2) is 42.0 Å². The van der Waals surface area contributed by atoms with E-state index in [4.69, 9.17) is 5.11 Å². The van der Waals surface area contributed by atoms with Gasteiger partial charge < -0.3 is 15.3 Å². The van der Waals surface area contributed by atoms with Crippen molar-refractivity contribution in [1.82, 2.24) is 4.90 Å². The van der Waals surface area contributed by atoms with E-state index >= 15 is 0 Å². The third-order valence-electron chi connectivity index (χ3n) is 2.48. The molecule has 5 nitrogen and oxygen atoms in total.